The van der Waals surface area contributed by atoms with Crippen LogP contribution >= 0.6 is 11.8 Å². The third-order valence-corrected chi connectivity index (χ3v) is 3.71. The number of aromatic amines is 1. The average molecular weight is 331 g/mol. The van der Waals surface area contributed by atoms with E-state index in [0.29, 0.717) is 16.8 Å². The lowest BCUT2D eigenvalue weighted by molar-refractivity contribution is -0.113. The summed E-state index contributed by atoms with van der Waals surface area (Å²) in [6.07, 6.45) is 1.39. The van der Waals surface area contributed by atoms with E-state index in [9.17, 15) is 4.79 Å². The number of hydrogen-bond acceptors (Lipinski definition) is 7. The molecule has 2 N–H and O–H groups in total. The molecule has 9 heteroatoms. The Bertz CT molecular complexity index is 770. The van der Waals surface area contributed by atoms with Gasteiger partial charge in [0.2, 0.25) is 11.1 Å². The van der Waals surface area contributed by atoms with E-state index in [1.807, 2.05) is 24.3 Å². The molecule has 0 saturated carbocycles. The molecule has 0 aliphatic heterocycles. The zero-order chi connectivity index (χ0) is 16.1. The standard InChI is InChI=1S/C14H13N5O3S/c1-21-10-4-2-9(3-5-10)13-16-14(18-17-13)23-8-12(20)15-11-6-7-22-19-11/h2-7H,8H2,1H3,(H,15,19,20)(H,16,17,18). The third kappa shape index (κ3) is 3.89. The van der Waals surface area contributed by atoms with Gasteiger partial charge in [0.1, 0.15) is 12.0 Å². The minimum atomic E-state index is -0.209. The summed E-state index contributed by atoms with van der Waals surface area (Å²) in [7, 11) is 1.61. The number of amides is 1. The topological polar surface area (TPSA) is 106 Å². The van der Waals surface area contributed by atoms with Crippen molar-refractivity contribution < 1.29 is 14.1 Å². The number of thioether (sulfide) groups is 1. The summed E-state index contributed by atoms with van der Waals surface area (Å²) in [6, 6.07) is 9.01. The summed E-state index contributed by atoms with van der Waals surface area (Å²) in [5.74, 6) is 1.75. The number of nitrogens with one attached hydrogen (secondary N) is 2. The summed E-state index contributed by atoms with van der Waals surface area (Å²) in [4.78, 5) is 16.1. The molecule has 3 rings (SSSR count). The molecule has 0 fully saturated rings. The van der Waals surface area contributed by atoms with Crippen molar-refractivity contribution in [1.29, 1.82) is 0 Å². The third-order valence-electron chi connectivity index (χ3n) is 2.87. The second-order valence-electron chi connectivity index (χ2n) is 4.42. The van der Waals surface area contributed by atoms with Crippen LogP contribution in [0, 0.1) is 0 Å². The molecule has 1 amide bonds. The molecular formula is C14H13N5O3S. The predicted molar refractivity (Wildman–Crippen MR) is 84.2 cm³/mol. The molecule has 0 spiro atoms. The van der Waals surface area contributed by atoms with Crippen LogP contribution in [0.3, 0.4) is 0 Å². The second kappa shape index (κ2) is 6.97. The van der Waals surface area contributed by atoms with Gasteiger partial charge in [0.15, 0.2) is 11.6 Å². The Labute approximate surface area is 135 Å². The van der Waals surface area contributed by atoms with Crippen molar-refractivity contribution in [2.24, 2.45) is 0 Å². The van der Waals surface area contributed by atoms with Crippen LogP contribution in [0.1, 0.15) is 0 Å². The van der Waals surface area contributed by atoms with Crippen LogP contribution in [0.15, 0.2) is 46.3 Å². The minimum absolute atomic E-state index is 0.173. The zero-order valence-corrected chi connectivity index (χ0v) is 13.0. The summed E-state index contributed by atoms with van der Waals surface area (Å²) in [5, 5.41) is 13.6. The van der Waals surface area contributed by atoms with E-state index in [0.717, 1.165) is 11.3 Å². The van der Waals surface area contributed by atoms with Crippen molar-refractivity contribution in [3.8, 4) is 17.1 Å². The fourth-order valence-electron chi connectivity index (χ4n) is 1.77. The Kier molecular flexibility index (Phi) is 4.57. The number of anilines is 1. The maximum absolute atomic E-state index is 11.7. The van der Waals surface area contributed by atoms with E-state index in [1.165, 1.54) is 18.0 Å². The molecule has 2 heterocycles. The smallest absolute Gasteiger partial charge is 0.236 e. The Balaban J connectivity index is 1.57. The molecule has 0 radical (unpaired) electrons. The number of benzene rings is 1. The highest BCUT2D eigenvalue weighted by atomic mass is 32.2. The predicted octanol–water partition coefficient (Wildman–Crippen LogP) is 2.20. The maximum atomic E-state index is 11.7. The normalized spacial score (nSPS) is 10.5. The number of carbonyl (C=O) groups is 1. The molecule has 0 aliphatic carbocycles. The average Bonchev–Trinajstić information content (AvgIpc) is 3.25. The monoisotopic (exact) mass is 331 g/mol. The van der Waals surface area contributed by atoms with Crippen LogP contribution in [-0.2, 0) is 4.79 Å². The fourth-order valence-corrected chi connectivity index (χ4v) is 2.37. The quantitative estimate of drug-likeness (QED) is 0.667. The summed E-state index contributed by atoms with van der Waals surface area (Å²) >= 11 is 1.22. The number of hydrogen-bond donors (Lipinski definition) is 2. The number of carbonyl (C=O) groups excluding carboxylic acids is 1. The minimum Gasteiger partial charge on any atom is -0.497 e. The van der Waals surface area contributed by atoms with Crippen LogP contribution in [0.5, 0.6) is 5.75 Å². The van der Waals surface area contributed by atoms with E-state index in [-0.39, 0.29) is 11.7 Å². The first-order valence-corrected chi connectivity index (χ1v) is 7.63. The first-order valence-electron chi connectivity index (χ1n) is 6.64. The van der Waals surface area contributed by atoms with Gasteiger partial charge < -0.3 is 14.6 Å². The molecule has 0 aliphatic rings. The molecule has 0 saturated heterocycles. The summed E-state index contributed by atoms with van der Waals surface area (Å²) in [6.45, 7) is 0. The largest absolute Gasteiger partial charge is 0.497 e. The lowest BCUT2D eigenvalue weighted by atomic mass is 10.2. The van der Waals surface area contributed by atoms with Crippen molar-refractivity contribution in [2.75, 3.05) is 18.2 Å². The van der Waals surface area contributed by atoms with Gasteiger partial charge in [-0.3, -0.25) is 9.89 Å². The van der Waals surface area contributed by atoms with Crippen molar-refractivity contribution in [3.63, 3.8) is 0 Å². The Morgan fingerprint density at radius 3 is 2.87 bits per heavy atom. The van der Waals surface area contributed by atoms with Crippen molar-refractivity contribution in [1.82, 2.24) is 20.3 Å². The molecule has 0 atom stereocenters. The van der Waals surface area contributed by atoms with E-state index >= 15 is 0 Å². The van der Waals surface area contributed by atoms with Gasteiger partial charge in [0.25, 0.3) is 0 Å². The highest BCUT2D eigenvalue weighted by molar-refractivity contribution is 7.99. The number of H-pyrrole nitrogens is 1. The van der Waals surface area contributed by atoms with Crippen LogP contribution in [0.25, 0.3) is 11.4 Å². The van der Waals surface area contributed by atoms with Gasteiger partial charge in [-0.2, -0.15) is 0 Å². The van der Waals surface area contributed by atoms with Crippen LogP contribution in [-0.4, -0.2) is 39.1 Å². The highest BCUT2D eigenvalue weighted by Gasteiger charge is 2.10. The maximum Gasteiger partial charge on any atom is 0.236 e. The van der Waals surface area contributed by atoms with Crippen LogP contribution in [0.2, 0.25) is 0 Å². The van der Waals surface area contributed by atoms with Gasteiger partial charge >= 0.3 is 0 Å². The van der Waals surface area contributed by atoms with Gasteiger partial charge in [-0.05, 0) is 24.3 Å². The van der Waals surface area contributed by atoms with Crippen molar-refractivity contribution in [3.05, 3.63) is 36.6 Å². The molecular weight excluding hydrogens is 318 g/mol. The summed E-state index contributed by atoms with van der Waals surface area (Å²) < 4.78 is 9.75. The van der Waals surface area contributed by atoms with E-state index in [2.05, 4.69) is 30.2 Å². The fraction of sp³-hybridized carbons (Fsp3) is 0.143. The molecule has 8 nitrogen and oxygen atoms in total. The first kappa shape index (κ1) is 15.1. The molecule has 1 aromatic carbocycles. The Morgan fingerprint density at radius 2 is 2.17 bits per heavy atom. The molecule has 118 valence electrons. The van der Waals surface area contributed by atoms with E-state index in [1.54, 1.807) is 13.2 Å². The molecule has 0 unspecified atom stereocenters. The Hall–Kier alpha value is -2.81. The number of nitrogens with zero attached hydrogens (tertiary/aromatic N) is 3. The van der Waals surface area contributed by atoms with Gasteiger partial charge in [-0.25, -0.2) is 4.98 Å². The van der Waals surface area contributed by atoms with E-state index < -0.39 is 0 Å². The lowest BCUT2D eigenvalue weighted by Gasteiger charge is -2.00. The second-order valence-corrected chi connectivity index (χ2v) is 5.36. The van der Waals surface area contributed by atoms with Gasteiger partial charge in [-0.15, -0.1) is 5.10 Å². The van der Waals surface area contributed by atoms with E-state index in [4.69, 9.17) is 4.74 Å². The number of rotatable bonds is 6. The highest BCUT2D eigenvalue weighted by Crippen LogP contribution is 2.21. The Morgan fingerprint density at radius 1 is 1.35 bits per heavy atom. The molecule has 23 heavy (non-hydrogen) atoms. The summed E-state index contributed by atoms with van der Waals surface area (Å²) in [5.41, 5.74) is 0.886. The lowest BCUT2D eigenvalue weighted by Crippen LogP contribution is -2.14. The van der Waals surface area contributed by atoms with Crippen LogP contribution < -0.4 is 10.1 Å². The molecule has 0 bridgehead atoms. The van der Waals surface area contributed by atoms with Gasteiger partial charge in [0, 0.05) is 11.6 Å². The van der Waals surface area contributed by atoms with Crippen molar-refractivity contribution in [2.45, 2.75) is 5.16 Å². The van der Waals surface area contributed by atoms with Gasteiger partial charge in [0.05, 0.1) is 12.9 Å². The molecule has 2 aromatic heterocycles. The van der Waals surface area contributed by atoms with Gasteiger partial charge in [-0.1, -0.05) is 16.9 Å². The number of aromatic nitrogens is 4. The number of ether oxygens (including phenoxy) is 1. The first-order chi connectivity index (χ1) is 11.2. The van der Waals surface area contributed by atoms with Crippen LogP contribution in [0.4, 0.5) is 5.82 Å². The SMILES string of the molecule is COc1ccc(-c2nc(SCC(=O)Nc3ccon3)n[nH]2)cc1. The molecule has 3 aromatic rings. The zero-order valence-electron chi connectivity index (χ0n) is 12.1. The van der Waals surface area contributed by atoms with Crippen molar-refractivity contribution >= 4 is 23.5 Å². The number of methoxy groups -OCH3 is 1.